The summed E-state index contributed by atoms with van der Waals surface area (Å²) in [4.78, 5) is 38.2. The number of rotatable bonds is 10. The average molecular weight is 485 g/mol. The van der Waals surface area contributed by atoms with Gasteiger partial charge in [-0.05, 0) is 72.6 Å². The predicted molar refractivity (Wildman–Crippen MR) is 134 cm³/mol. The molecule has 0 aliphatic carbocycles. The first-order valence-corrected chi connectivity index (χ1v) is 11.6. The van der Waals surface area contributed by atoms with Crippen molar-refractivity contribution in [3.8, 4) is 5.75 Å². The van der Waals surface area contributed by atoms with Crippen LogP contribution in [0.3, 0.4) is 0 Å². The van der Waals surface area contributed by atoms with Crippen LogP contribution >= 0.6 is 24.0 Å². The molecule has 0 bridgehead atoms. The van der Waals surface area contributed by atoms with Gasteiger partial charge in [0.25, 0.3) is 5.24 Å². The fourth-order valence-electron chi connectivity index (χ4n) is 3.20. The Kier molecular flexibility index (Phi) is 8.62. The third kappa shape index (κ3) is 6.90. The smallest absolute Gasteiger partial charge is 0.335 e. The molecule has 2 amide bonds. The maximum absolute atomic E-state index is 12.4. The van der Waals surface area contributed by atoms with Gasteiger partial charge in [0, 0.05) is 18.7 Å². The Balaban J connectivity index is 1.40. The highest BCUT2D eigenvalue weighted by Gasteiger charge is 2.31. The van der Waals surface area contributed by atoms with Crippen LogP contribution in [0.25, 0.3) is 6.08 Å². The van der Waals surface area contributed by atoms with Crippen molar-refractivity contribution in [2.45, 2.75) is 25.7 Å². The quantitative estimate of drug-likeness (QED) is 0.264. The Bertz CT molecular complexity index is 1070. The van der Waals surface area contributed by atoms with Crippen molar-refractivity contribution in [2.75, 3.05) is 19.0 Å². The van der Waals surface area contributed by atoms with Crippen molar-refractivity contribution in [1.29, 1.82) is 0 Å². The normalized spacial score (nSPS) is 14.6. The zero-order valence-corrected chi connectivity index (χ0v) is 19.7. The Hall–Kier alpha value is -3.17. The minimum Gasteiger partial charge on any atom is -0.497 e. The van der Waals surface area contributed by atoms with E-state index in [0.29, 0.717) is 30.1 Å². The second-order valence-corrected chi connectivity index (χ2v) is 8.73. The molecule has 0 radical (unpaired) electrons. The number of aromatic carboxylic acids is 1. The van der Waals surface area contributed by atoms with E-state index in [2.05, 4.69) is 5.32 Å². The first-order chi connectivity index (χ1) is 15.9. The number of nitrogens with zero attached hydrogens (tertiary/aromatic N) is 1. The number of unbranched alkanes of at least 4 members (excludes halogenated alkanes) is 2. The molecule has 0 aromatic heterocycles. The van der Waals surface area contributed by atoms with E-state index in [-0.39, 0.29) is 16.7 Å². The number of thiocarbonyl (C=S) groups is 1. The molecule has 2 aromatic rings. The van der Waals surface area contributed by atoms with Crippen LogP contribution in [-0.4, -0.2) is 45.8 Å². The third-order valence-corrected chi connectivity index (χ3v) is 6.48. The van der Waals surface area contributed by atoms with Gasteiger partial charge in [0.15, 0.2) is 0 Å². The molecule has 0 saturated carbocycles. The van der Waals surface area contributed by atoms with E-state index >= 15 is 0 Å². The van der Waals surface area contributed by atoms with Gasteiger partial charge >= 0.3 is 5.97 Å². The Morgan fingerprint density at radius 3 is 2.42 bits per heavy atom. The summed E-state index contributed by atoms with van der Waals surface area (Å²) >= 11 is 6.63. The second-order valence-electron chi connectivity index (χ2n) is 7.35. The standard InChI is InChI=1S/C24H24N2O5S2/c1-31-19-12-6-16(7-13-19)15-20-22(32)26(24(30)33-20)14-4-2-3-5-21(27)25-18-10-8-17(9-11-18)23(28)29/h6-13,15H,2-5,14H2,1H3,(H,25,27)(H,28,29)/b20-15+. The van der Waals surface area contributed by atoms with Crippen LogP contribution in [0, 0.1) is 0 Å². The number of methoxy groups -OCH3 is 1. The van der Waals surface area contributed by atoms with Crippen LogP contribution in [0.4, 0.5) is 10.5 Å². The van der Waals surface area contributed by atoms with Crippen LogP contribution in [0.5, 0.6) is 5.75 Å². The lowest BCUT2D eigenvalue weighted by Crippen LogP contribution is -2.28. The highest BCUT2D eigenvalue weighted by Crippen LogP contribution is 2.33. The van der Waals surface area contributed by atoms with Crippen LogP contribution < -0.4 is 10.1 Å². The van der Waals surface area contributed by atoms with Gasteiger partial charge in [0.05, 0.1) is 17.6 Å². The zero-order valence-electron chi connectivity index (χ0n) is 18.1. The number of carbonyl (C=O) groups is 3. The largest absolute Gasteiger partial charge is 0.497 e. The molecule has 1 aliphatic rings. The molecule has 7 nitrogen and oxygen atoms in total. The topological polar surface area (TPSA) is 95.9 Å². The van der Waals surface area contributed by atoms with Gasteiger partial charge in [-0.1, -0.05) is 30.8 Å². The van der Waals surface area contributed by atoms with Crippen molar-refractivity contribution in [3.63, 3.8) is 0 Å². The molecule has 0 unspecified atom stereocenters. The van der Waals surface area contributed by atoms with Gasteiger partial charge in [0.1, 0.15) is 10.7 Å². The maximum Gasteiger partial charge on any atom is 0.335 e. The molecule has 1 fully saturated rings. The summed E-state index contributed by atoms with van der Waals surface area (Å²) < 4.78 is 5.16. The SMILES string of the molecule is COc1ccc(/C=C2/SC(=O)N(CCCCCC(=O)Nc3ccc(C(=O)O)cc3)C2=S)cc1. The molecule has 2 N–H and O–H groups in total. The second kappa shape index (κ2) is 11.6. The Labute approximate surface area is 201 Å². The zero-order chi connectivity index (χ0) is 23.8. The highest BCUT2D eigenvalue weighted by molar-refractivity contribution is 8.19. The molecule has 2 aromatic carbocycles. The monoisotopic (exact) mass is 484 g/mol. The van der Waals surface area contributed by atoms with E-state index < -0.39 is 5.97 Å². The van der Waals surface area contributed by atoms with Crippen molar-refractivity contribution in [1.82, 2.24) is 4.90 Å². The van der Waals surface area contributed by atoms with Crippen molar-refractivity contribution in [3.05, 3.63) is 64.6 Å². The number of thioether (sulfide) groups is 1. The lowest BCUT2D eigenvalue weighted by atomic mass is 10.1. The number of carbonyl (C=O) groups excluding carboxylic acids is 2. The fourth-order valence-corrected chi connectivity index (χ4v) is 4.49. The Morgan fingerprint density at radius 2 is 1.79 bits per heavy atom. The van der Waals surface area contributed by atoms with Crippen LogP contribution in [-0.2, 0) is 4.79 Å². The molecular formula is C24H24N2O5S2. The predicted octanol–water partition coefficient (Wildman–Crippen LogP) is 5.43. The Morgan fingerprint density at radius 1 is 1.09 bits per heavy atom. The number of hydrogen-bond donors (Lipinski definition) is 2. The van der Waals surface area contributed by atoms with Gasteiger partial charge in [-0.15, -0.1) is 0 Å². The molecule has 1 saturated heterocycles. The molecule has 1 aliphatic heterocycles. The van der Waals surface area contributed by atoms with E-state index in [1.54, 1.807) is 24.1 Å². The molecule has 0 spiro atoms. The summed E-state index contributed by atoms with van der Waals surface area (Å²) in [6.45, 7) is 0.517. The number of benzene rings is 2. The summed E-state index contributed by atoms with van der Waals surface area (Å²) in [6, 6.07) is 13.6. The minimum atomic E-state index is -1.01. The average Bonchev–Trinajstić information content (AvgIpc) is 3.07. The number of ether oxygens (including phenoxy) is 1. The van der Waals surface area contributed by atoms with Gasteiger partial charge < -0.3 is 15.2 Å². The van der Waals surface area contributed by atoms with Crippen LogP contribution in [0.2, 0.25) is 0 Å². The molecule has 172 valence electrons. The van der Waals surface area contributed by atoms with E-state index in [0.717, 1.165) is 40.8 Å². The number of hydrogen-bond acceptors (Lipinski definition) is 6. The first kappa shape index (κ1) is 24.5. The summed E-state index contributed by atoms with van der Waals surface area (Å²) in [5.74, 6) is -0.377. The lowest BCUT2D eigenvalue weighted by Gasteiger charge is -2.14. The number of anilines is 1. The first-order valence-electron chi connectivity index (χ1n) is 10.4. The van der Waals surface area contributed by atoms with E-state index in [4.69, 9.17) is 22.1 Å². The van der Waals surface area contributed by atoms with Gasteiger partial charge in [-0.25, -0.2) is 4.79 Å². The van der Waals surface area contributed by atoms with Crippen LogP contribution in [0.15, 0.2) is 53.4 Å². The van der Waals surface area contributed by atoms with Crippen molar-refractivity contribution < 1.29 is 24.2 Å². The number of carboxylic acids is 1. The number of amides is 2. The molecule has 9 heteroatoms. The van der Waals surface area contributed by atoms with E-state index in [1.165, 1.54) is 12.1 Å². The van der Waals surface area contributed by atoms with E-state index in [1.807, 2.05) is 30.3 Å². The lowest BCUT2D eigenvalue weighted by molar-refractivity contribution is -0.116. The van der Waals surface area contributed by atoms with Crippen LogP contribution in [0.1, 0.15) is 41.6 Å². The third-order valence-electron chi connectivity index (χ3n) is 4.99. The van der Waals surface area contributed by atoms with Gasteiger partial charge in [-0.2, -0.15) is 0 Å². The molecule has 1 heterocycles. The maximum atomic E-state index is 12.4. The highest BCUT2D eigenvalue weighted by atomic mass is 32.2. The minimum absolute atomic E-state index is 0.0812. The summed E-state index contributed by atoms with van der Waals surface area (Å²) in [6.07, 6.45) is 4.44. The van der Waals surface area contributed by atoms with E-state index in [9.17, 15) is 14.4 Å². The van der Waals surface area contributed by atoms with Gasteiger partial charge in [-0.3, -0.25) is 14.5 Å². The molecule has 0 atom stereocenters. The molecular weight excluding hydrogens is 460 g/mol. The fraction of sp³-hybridized carbons (Fsp3) is 0.250. The van der Waals surface area contributed by atoms with Crippen molar-refractivity contribution >= 4 is 57.8 Å². The van der Waals surface area contributed by atoms with Crippen molar-refractivity contribution in [2.24, 2.45) is 0 Å². The summed E-state index contributed by atoms with van der Waals surface area (Å²) in [5.41, 5.74) is 1.67. The number of carboxylic acid groups (broad SMARTS) is 1. The molecule has 3 rings (SSSR count). The summed E-state index contributed by atoms with van der Waals surface area (Å²) in [7, 11) is 1.61. The van der Waals surface area contributed by atoms with Gasteiger partial charge in [0.2, 0.25) is 5.91 Å². The number of nitrogens with one attached hydrogen (secondary N) is 1. The summed E-state index contributed by atoms with van der Waals surface area (Å²) in [5, 5.41) is 11.6. The molecule has 33 heavy (non-hydrogen) atoms.